The van der Waals surface area contributed by atoms with Crippen LogP contribution in [0.1, 0.15) is 18.9 Å². The first-order chi connectivity index (χ1) is 7.67. The molecule has 90 valence electrons. The van der Waals surface area contributed by atoms with Crippen molar-refractivity contribution in [1.29, 1.82) is 0 Å². The van der Waals surface area contributed by atoms with Crippen LogP contribution >= 0.6 is 23.2 Å². The molecule has 0 radical (unpaired) electrons. The Morgan fingerprint density at radius 1 is 1.19 bits per heavy atom. The average Bonchev–Trinajstić information content (AvgIpc) is 2.24. The Morgan fingerprint density at radius 2 is 1.94 bits per heavy atom. The molecule has 1 aromatic rings. The fraction of sp³-hybridized carbons (Fsp3) is 0.500. The number of nitrogens with two attached hydrogens (primary N) is 1. The second-order valence-electron chi connectivity index (χ2n) is 3.81. The van der Waals surface area contributed by atoms with Gasteiger partial charge in [-0.2, -0.15) is 0 Å². The maximum absolute atomic E-state index is 5.98. The summed E-state index contributed by atoms with van der Waals surface area (Å²) in [6.45, 7) is 5.69. The zero-order valence-electron chi connectivity index (χ0n) is 9.55. The number of hydrogen-bond acceptors (Lipinski definition) is 2. The van der Waals surface area contributed by atoms with E-state index < -0.39 is 0 Å². The molecule has 0 fully saturated rings. The lowest BCUT2D eigenvalue weighted by molar-refractivity contribution is 0.273. The molecule has 4 heteroatoms. The van der Waals surface area contributed by atoms with Gasteiger partial charge < -0.3 is 5.73 Å². The van der Waals surface area contributed by atoms with Crippen LogP contribution in [0.25, 0.3) is 0 Å². The van der Waals surface area contributed by atoms with Gasteiger partial charge in [-0.1, -0.05) is 36.2 Å². The van der Waals surface area contributed by atoms with Crippen molar-refractivity contribution in [2.45, 2.75) is 19.9 Å². The van der Waals surface area contributed by atoms with Crippen LogP contribution in [-0.2, 0) is 6.54 Å². The van der Waals surface area contributed by atoms with E-state index in [2.05, 4.69) is 11.8 Å². The van der Waals surface area contributed by atoms with Crippen LogP contribution < -0.4 is 5.73 Å². The number of benzene rings is 1. The molecule has 16 heavy (non-hydrogen) atoms. The second-order valence-corrected chi connectivity index (χ2v) is 4.63. The Balaban J connectivity index is 2.65. The van der Waals surface area contributed by atoms with Gasteiger partial charge in [-0.05, 0) is 30.7 Å². The number of hydrogen-bond donors (Lipinski definition) is 1. The van der Waals surface area contributed by atoms with E-state index in [0.29, 0.717) is 16.6 Å². The average molecular weight is 261 g/mol. The lowest BCUT2D eigenvalue weighted by atomic mass is 10.2. The Hall–Kier alpha value is -0.280. The lowest BCUT2D eigenvalue weighted by Gasteiger charge is -2.21. The third-order valence-electron chi connectivity index (χ3n) is 2.38. The Kier molecular flexibility index (Phi) is 6.14. The fourth-order valence-corrected chi connectivity index (χ4v) is 1.99. The van der Waals surface area contributed by atoms with E-state index in [1.807, 2.05) is 18.2 Å². The molecule has 0 unspecified atom stereocenters. The van der Waals surface area contributed by atoms with Gasteiger partial charge >= 0.3 is 0 Å². The van der Waals surface area contributed by atoms with Gasteiger partial charge in [0, 0.05) is 19.6 Å². The van der Waals surface area contributed by atoms with Crippen molar-refractivity contribution in [1.82, 2.24) is 4.90 Å². The molecule has 0 saturated heterocycles. The standard InChI is InChI=1S/C12H18Cl2N2/c1-2-6-16(7-5-15)9-10-3-4-11(13)12(14)8-10/h3-4,8H,2,5-7,9,15H2,1H3. The molecule has 1 aromatic carbocycles. The molecule has 0 amide bonds. The first-order valence-electron chi connectivity index (χ1n) is 5.53. The molecule has 0 aliphatic carbocycles. The zero-order valence-corrected chi connectivity index (χ0v) is 11.1. The van der Waals surface area contributed by atoms with Crippen LogP contribution in [0.5, 0.6) is 0 Å². The lowest BCUT2D eigenvalue weighted by Crippen LogP contribution is -2.29. The summed E-state index contributed by atoms with van der Waals surface area (Å²) in [6, 6.07) is 5.77. The number of rotatable bonds is 6. The largest absolute Gasteiger partial charge is 0.329 e. The van der Waals surface area contributed by atoms with E-state index in [0.717, 1.165) is 26.1 Å². The van der Waals surface area contributed by atoms with Gasteiger partial charge in [0.15, 0.2) is 0 Å². The molecular formula is C12H18Cl2N2. The second kappa shape index (κ2) is 7.13. The highest BCUT2D eigenvalue weighted by atomic mass is 35.5. The summed E-state index contributed by atoms with van der Waals surface area (Å²) < 4.78 is 0. The third-order valence-corrected chi connectivity index (χ3v) is 3.11. The topological polar surface area (TPSA) is 29.3 Å². The van der Waals surface area contributed by atoms with Crippen molar-refractivity contribution in [3.05, 3.63) is 33.8 Å². The van der Waals surface area contributed by atoms with Crippen LogP contribution in [0.4, 0.5) is 0 Å². The molecular weight excluding hydrogens is 243 g/mol. The molecule has 2 nitrogen and oxygen atoms in total. The molecule has 1 rings (SSSR count). The van der Waals surface area contributed by atoms with Gasteiger partial charge in [-0.3, -0.25) is 4.90 Å². The van der Waals surface area contributed by atoms with Gasteiger partial charge in [-0.25, -0.2) is 0 Å². The van der Waals surface area contributed by atoms with Gasteiger partial charge in [-0.15, -0.1) is 0 Å². The summed E-state index contributed by atoms with van der Waals surface area (Å²) in [5.74, 6) is 0. The van der Waals surface area contributed by atoms with Crippen molar-refractivity contribution in [2.75, 3.05) is 19.6 Å². The smallest absolute Gasteiger partial charge is 0.0595 e. The molecule has 0 saturated carbocycles. The first kappa shape index (κ1) is 13.8. The maximum atomic E-state index is 5.98. The van der Waals surface area contributed by atoms with E-state index >= 15 is 0 Å². The highest BCUT2D eigenvalue weighted by Gasteiger charge is 2.05. The molecule has 0 aliphatic rings. The van der Waals surface area contributed by atoms with Crippen molar-refractivity contribution < 1.29 is 0 Å². The summed E-state index contributed by atoms with van der Waals surface area (Å²) in [5, 5.41) is 1.22. The van der Waals surface area contributed by atoms with E-state index in [9.17, 15) is 0 Å². The quantitative estimate of drug-likeness (QED) is 0.852. The van der Waals surface area contributed by atoms with Gasteiger partial charge in [0.1, 0.15) is 0 Å². The highest BCUT2D eigenvalue weighted by molar-refractivity contribution is 6.42. The molecule has 2 N–H and O–H groups in total. The van der Waals surface area contributed by atoms with E-state index in [-0.39, 0.29) is 0 Å². The number of nitrogens with zero attached hydrogens (tertiary/aromatic N) is 1. The minimum absolute atomic E-state index is 0.603. The van der Waals surface area contributed by atoms with Crippen LogP contribution in [0.15, 0.2) is 18.2 Å². The summed E-state index contributed by atoms with van der Waals surface area (Å²) in [4.78, 5) is 2.32. The van der Waals surface area contributed by atoms with Crippen LogP contribution in [0.2, 0.25) is 10.0 Å². The van der Waals surface area contributed by atoms with Gasteiger partial charge in [0.2, 0.25) is 0 Å². The Morgan fingerprint density at radius 3 is 2.50 bits per heavy atom. The number of halogens is 2. The molecule has 0 spiro atoms. The van der Waals surface area contributed by atoms with Crippen LogP contribution in [0, 0.1) is 0 Å². The van der Waals surface area contributed by atoms with Gasteiger partial charge in [0.25, 0.3) is 0 Å². The van der Waals surface area contributed by atoms with Gasteiger partial charge in [0.05, 0.1) is 10.0 Å². The highest BCUT2D eigenvalue weighted by Crippen LogP contribution is 2.23. The zero-order chi connectivity index (χ0) is 12.0. The monoisotopic (exact) mass is 260 g/mol. The van der Waals surface area contributed by atoms with Crippen LogP contribution in [0.3, 0.4) is 0 Å². The predicted molar refractivity (Wildman–Crippen MR) is 71.1 cm³/mol. The van der Waals surface area contributed by atoms with Crippen molar-refractivity contribution >= 4 is 23.2 Å². The third kappa shape index (κ3) is 4.30. The first-order valence-corrected chi connectivity index (χ1v) is 6.29. The molecule has 0 bridgehead atoms. The van der Waals surface area contributed by atoms with E-state index in [1.54, 1.807) is 0 Å². The fourth-order valence-electron chi connectivity index (χ4n) is 1.66. The minimum atomic E-state index is 0.603. The Bertz CT molecular complexity index is 323. The van der Waals surface area contributed by atoms with E-state index in [4.69, 9.17) is 28.9 Å². The normalized spacial score (nSPS) is 11.1. The molecule has 0 heterocycles. The minimum Gasteiger partial charge on any atom is -0.329 e. The van der Waals surface area contributed by atoms with Crippen molar-refractivity contribution in [3.8, 4) is 0 Å². The molecule has 0 atom stereocenters. The summed E-state index contributed by atoms with van der Waals surface area (Å²) in [5.41, 5.74) is 6.76. The predicted octanol–water partition coefficient (Wildman–Crippen LogP) is 3.16. The summed E-state index contributed by atoms with van der Waals surface area (Å²) in [6.07, 6.45) is 1.13. The maximum Gasteiger partial charge on any atom is 0.0595 e. The van der Waals surface area contributed by atoms with Crippen LogP contribution in [-0.4, -0.2) is 24.5 Å². The van der Waals surface area contributed by atoms with Crippen molar-refractivity contribution in [2.24, 2.45) is 5.73 Å². The van der Waals surface area contributed by atoms with Crippen molar-refractivity contribution in [3.63, 3.8) is 0 Å². The van der Waals surface area contributed by atoms with E-state index in [1.165, 1.54) is 5.56 Å². The molecule has 0 aliphatic heterocycles. The SMILES string of the molecule is CCCN(CCN)Cc1ccc(Cl)c(Cl)c1. The summed E-state index contributed by atoms with van der Waals surface area (Å²) >= 11 is 11.9. The molecule has 0 aromatic heterocycles. The Labute approximate surface area is 107 Å². The summed E-state index contributed by atoms with van der Waals surface area (Å²) in [7, 11) is 0.